The maximum Gasteiger partial charge on any atom is 0.0643 e. The molecular weight excluding hydrogens is 260 g/mol. The smallest absolute Gasteiger partial charge is 0.0643 e. The molecule has 0 aliphatic rings. The molecule has 19 heavy (non-hydrogen) atoms. The van der Waals surface area contributed by atoms with Gasteiger partial charge in [0.05, 0.1) is 17.3 Å². The van der Waals surface area contributed by atoms with Crippen molar-refractivity contribution in [1.29, 1.82) is 0 Å². The fourth-order valence-corrected chi connectivity index (χ4v) is 2.19. The van der Waals surface area contributed by atoms with Crippen LogP contribution >= 0.6 is 11.6 Å². The molecule has 106 valence electrons. The van der Waals surface area contributed by atoms with E-state index in [4.69, 9.17) is 16.3 Å². The van der Waals surface area contributed by atoms with Crippen molar-refractivity contribution in [3.8, 4) is 0 Å². The number of methoxy groups -OCH3 is 1. The molecule has 1 atom stereocenters. The Bertz CT molecular complexity index is 409. The van der Waals surface area contributed by atoms with E-state index in [-0.39, 0.29) is 0 Å². The van der Waals surface area contributed by atoms with E-state index in [2.05, 4.69) is 35.9 Å². The zero-order valence-electron chi connectivity index (χ0n) is 11.9. The molecule has 0 radical (unpaired) electrons. The number of nitrogens with one attached hydrogen (secondary N) is 1. The van der Waals surface area contributed by atoms with Crippen LogP contribution in [0.25, 0.3) is 0 Å². The first-order valence-electron chi connectivity index (χ1n) is 6.45. The van der Waals surface area contributed by atoms with Gasteiger partial charge in [0.15, 0.2) is 0 Å². The van der Waals surface area contributed by atoms with E-state index >= 15 is 0 Å². The number of hydrogen-bond acceptors (Lipinski definition) is 3. The van der Waals surface area contributed by atoms with E-state index in [1.165, 1.54) is 5.56 Å². The molecule has 4 heteroatoms. The van der Waals surface area contributed by atoms with Gasteiger partial charge in [-0.3, -0.25) is 0 Å². The summed E-state index contributed by atoms with van der Waals surface area (Å²) in [6.45, 7) is 8.11. The van der Waals surface area contributed by atoms with Crippen molar-refractivity contribution < 1.29 is 4.74 Å². The number of hydrogen-bond donors (Lipinski definition) is 1. The van der Waals surface area contributed by atoms with Crippen LogP contribution in [0.1, 0.15) is 18.5 Å². The first-order chi connectivity index (χ1) is 9.13. The van der Waals surface area contributed by atoms with Crippen molar-refractivity contribution in [2.45, 2.75) is 13.0 Å². The maximum absolute atomic E-state index is 6.40. The molecule has 0 saturated carbocycles. The number of anilines is 1. The summed E-state index contributed by atoms with van der Waals surface area (Å²) >= 11 is 6.40. The van der Waals surface area contributed by atoms with Gasteiger partial charge in [-0.2, -0.15) is 0 Å². The van der Waals surface area contributed by atoms with Crippen LogP contribution in [0.4, 0.5) is 5.69 Å². The van der Waals surface area contributed by atoms with E-state index in [9.17, 15) is 0 Å². The van der Waals surface area contributed by atoms with Crippen molar-refractivity contribution in [2.75, 3.05) is 38.8 Å². The van der Waals surface area contributed by atoms with Crippen LogP contribution in [0, 0.1) is 0 Å². The highest BCUT2D eigenvalue weighted by Gasteiger charge is 2.11. The van der Waals surface area contributed by atoms with E-state index in [0.29, 0.717) is 12.6 Å². The van der Waals surface area contributed by atoms with E-state index in [0.717, 1.165) is 23.8 Å². The SMILES string of the molecule is C=CCN(CCOC)c1ccc(C(C)NC)cc1Cl. The van der Waals surface area contributed by atoms with Gasteiger partial charge in [-0.25, -0.2) is 0 Å². The summed E-state index contributed by atoms with van der Waals surface area (Å²) in [4.78, 5) is 2.16. The van der Waals surface area contributed by atoms with E-state index in [1.54, 1.807) is 7.11 Å². The molecule has 1 rings (SSSR count). The van der Waals surface area contributed by atoms with Gasteiger partial charge in [0.1, 0.15) is 0 Å². The minimum absolute atomic E-state index is 0.290. The standard InChI is InChI=1S/C15H23ClN2O/c1-5-8-18(9-10-19-4)15-7-6-13(11-14(15)16)12(2)17-3/h5-7,11-12,17H,1,8-10H2,2-4H3. The van der Waals surface area contributed by atoms with Crippen molar-refractivity contribution in [1.82, 2.24) is 5.32 Å². The zero-order valence-corrected chi connectivity index (χ0v) is 12.7. The van der Waals surface area contributed by atoms with Crippen LogP contribution in [-0.2, 0) is 4.74 Å². The Labute approximate surface area is 121 Å². The van der Waals surface area contributed by atoms with Crippen LogP contribution in [0.3, 0.4) is 0 Å². The molecule has 1 N–H and O–H groups in total. The lowest BCUT2D eigenvalue weighted by molar-refractivity contribution is 0.206. The molecule has 0 bridgehead atoms. The zero-order chi connectivity index (χ0) is 14.3. The predicted octanol–water partition coefficient (Wildman–Crippen LogP) is 3.26. The van der Waals surface area contributed by atoms with Gasteiger partial charge in [-0.1, -0.05) is 23.7 Å². The largest absolute Gasteiger partial charge is 0.383 e. The summed E-state index contributed by atoms with van der Waals surface area (Å²) in [6, 6.07) is 6.47. The Balaban J connectivity index is 2.93. The van der Waals surface area contributed by atoms with Crippen LogP contribution < -0.4 is 10.2 Å². The van der Waals surface area contributed by atoms with Crippen LogP contribution in [-0.4, -0.2) is 33.9 Å². The normalized spacial score (nSPS) is 12.2. The molecule has 0 saturated heterocycles. The Morgan fingerprint density at radius 3 is 2.79 bits per heavy atom. The molecule has 1 unspecified atom stereocenters. The Hall–Kier alpha value is -1.03. The molecule has 1 aromatic carbocycles. The second kappa shape index (κ2) is 8.20. The Morgan fingerprint density at radius 2 is 2.26 bits per heavy atom. The van der Waals surface area contributed by atoms with E-state index in [1.807, 2.05) is 19.2 Å². The highest BCUT2D eigenvalue weighted by molar-refractivity contribution is 6.33. The third-order valence-corrected chi connectivity index (χ3v) is 3.46. The van der Waals surface area contributed by atoms with Crippen molar-refractivity contribution >= 4 is 17.3 Å². The first kappa shape index (κ1) is 16.0. The summed E-state index contributed by atoms with van der Waals surface area (Å²) in [5.41, 5.74) is 2.20. The molecule has 0 aliphatic heterocycles. The average molecular weight is 283 g/mol. The summed E-state index contributed by atoms with van der Waals surface area (Å²) in [7, 11) is 3.64. The summed E-state index contributed by atoms with van der Waals surface area (Å²) < 4.78 is 5.13. The summed E-state index contributed by atoms with van der Waals surface area (Å²) in [5.74, 6) is 0. The topological polar surface area (TPSA) is 24.5 Å². The number of rotatable bonds is 8. The monoisotopic (exact) mass is 282 g/mol. The highest BCUT2D eigenvalue weighted by Crippen LogP contribution is 2.29. The molecule has 0 aliphatic carbocycles. The van der Waals surface area contributed by atoms with Crippen LogP contribution in [0.15, 0.2) is 30.9 Å². The fourth-order valence-electron chi connectivity index (χ4n) is 1.88. The number of nitrogens with zero attached hydrogens (tertiary/aromatic N) is 1. The van der Waals surface area contributed by atoms with Gasteiger partial charge in [0, 0.05) is 26.2 Å². The van der Waals surface area contributed by atoms with Gasteiger partial charge in [0.25, 0.3) is 0 Å². The number of benzene rings is 1. The Morgan fingerprint density at radius 1 is 1.53 bits per heavy atom. The van der Waals surface area contributed by atoms with Crippen molar-refractivity contribution in [3.05, 3.63) is 41.4 Å². The molecule has 3 nitrogen and oxygen atoms in total. The number of halogens is 1. The lowest BCUT2D eigenvalue weighted by atomic mass is 10.1. The molecule has 1 aromatic rings. The average Bonchev–Trinajstić information content (AvgIpc) is 2.42. The summed E-state index contributed by atoms with van der Waals surface area (Å²) in [6.07, 6.45) is 1.87. The lowest BCUT2D eigenvalue weighted by Crippen LogP contribution is -2.27. The van der Waals surface area contributed by atoms with Gasteiger partial charge in [-0.15, -0.1) is 6.58 Å². The van der Waals surface area contributed by atoms with Crippen molar-refractivity contribution in [2.24, 2.45) is 0 Å². The molecular formula is C15H23ClN2O. The van der Waals surface area contributed by atoms with Gasteiger partial charge >= 0.3 is 0 Å². The molecule has 0 spiro atoms. The number of ether oxygens (including phenoxy) is 1. The maximum atomic E-state index is 6.40. The summed E-state index contributed by atoms with van der Waals surface area (Å²) in [5, 5.41) is 3.97. The second-order valence-corrected chi connectivity index (χ2v) is 4.86. The van der Waals surface area contributed by atoms with Crippen molar-refractivity contribution in [3.63, 3.8) is 0 Å². The van der Waals surface area contributed by atoms with E-state index < -0.39 is 0 Å². The molecule has 0 aromatic heterocycles. The fraction of sp³-hybridized carbons (Fsp3) is 0.467. The third-order valence-electron chi connectivity index (χ3n) is 3.16. The van der Waals surface area contributed by atoms with Gasteiger partial charge in [-0.05, 0) is 31.7 Å². The highest BCUT2D eigenvalue weighted by atomic mass is 35.5. The second-order valence-electron chi connectivity index (χ2n) is 4.45. The van der Waals surface area contributed by atoms with Crippen LogP contribution in [0.2, 0.25) is 5.02 Å². The first-order valence-corrected chi connectivity index (χ1v) is 6.83. The molecule has 0 amide bonds. The quantitative estimate of drug-likeness (QED) is 0.741. The minimum atomic E-state index is 0.290. The molecule has 0 heterocycles. The predicted molar refractivity (Wildman–Crippen MR) is 83.2 cm³/mol. The Kier molecular flexibility index (Phi) is 6.92. The third kappa shape index (κ3) is 4.53. The molecule has 0 fully saturated rings. The van der Waals surface area contributed by atoms with Crippen LogP contribution in [0.5, 0.6) is 0 Å². The van der Waals surface area contributed by atoms with Gasteiger partial charge in [0.2, 0.25) is 0 Å². The minimum Gasteiger partial charge on any atom is -0.383 e. The lowest BCUT2D eigenvalue weighted by Gasteiger charge is -2.25. The van der Waals surface area contributed by atoms with Gasteiger partial charge < -0.3 is 15.0 Å².